The van der Waals surface area contributed by atoms with E-state index in [0.717, 1.165) is 0 Å². The molecule has 0 unspecified atom stereocenters. The van der Waals surface area contributed by atoms with Crippen molar-refractivity contribution in [3.63, 3.8) is 0 Å². The summed E-state index contributed by atoms with van der Waals surface area (Å²) in [6, 6.07) is 0. The average molecular weight is 524 g/mol. The van der Waals surface area contributed by atoms with Gasteiger partial charge < -0.3 is 37.0 Å². The minimum Gasteiger partial charge on any atom is -0.560 e. The van der Waals surface area contributed by atoms with Crippen molar-refractivity contribution in [2.75, 3.05) is 0 Å². The van der Waals surface area contributed by atoms with Gasteiger partial charge in [-0.3, -0.25) is 16.4 Å². The zero-order valence-corrected chi connectivity index (χ0v) is 15.2. The summed E-state index contributed by atoms with van der Waals surface area (Å²) in [6.07, 6.45) is 0. The molecule has 0 aliphatic carbocycles. The third kappa shape index (κ3) is 377000. The summed E-state index contributed by atoms with van der Waals surface area (Å²) in [7, 11) is -15.5. The number of hydrogen-bond donors (Lipinski definition) is 0. The second kappa shape index (κ2) is 24.9. The third-order valence-corrected chi connectivity index (χ3v) is 0. The van der Waals surface area contributed by atoms with Crippen molar-refractivity contribution in [1.29, 1.82) is 0 Å². The first-order valence-electron chi connectivity index (χ1n) is 2.39. The SMILES string of the molecule is O=[Si]([O-])F.O=[Si]([O-])F.O=[Si]([O-])F.O=[Si]([O-])F.[Pb+4]. The van der Waals surface area contributed by atoms with Gasteiger partial charge in [-0.2, -0.15) is 0 Å². The van der Waals surface area contributed by atoms with E-state index in [4.69, 9.17) is 37.0 Å². The average Bonchev–Trinajstić information content (AvgIpc) is 1.76. The molecule has 0 amide bonds. The molecule has 0 rings (SSSR count). The van der Waals surface area contributed by atoms with Crippen LogP contribution in [0.15, 0.2) is 0 Å². The van der Waals surface area contributed by atoms with Gasteiger partial charge in [0.1, 0.15) is 0 Å². The van der Waals surface area contributed by atoms with Crippen molar-refractivity contribution in [2.24, 2.45) is 0 Å². The van der Waals surface area contributed by atoms with Gasteiger partial charge in [-0.25, -0.2) is 0 Å². The van der Waals surface area contributed by atoms with Crippen LogP contribution in [-0.2, 0) is 17.8 Å². The summed E-state index contributed by atoms with van der Waals surface area (Å²) in [6.45, 7) is 0. The molecule has 96 valence electrons. The fraction of sp³-hybridized carbons (Fsp3) is 0. The summed E-state index contributed by atoms with van der Waals surface area (Å²) in [4.78, 5) is 33.6. The van der Waals surface area contributed by atoms with Gasteiger partial charge in [-0.1, -0.05) is 0 Å². The van der Waals surface area contributed by atoms with Gasteiger partial charge in [0.05, 0.1) is 0 Å². The third-order valence-electron chi connectivity index (χ3n) is 0. The van der Waals surface area contributed by atoms with Crippen molar-refractivity contribution in [3.8, 4) is 0 Å². The molecule has 0 atom stereocenters. The van der Waals surface area contributed by atoms with E-state index in [-0.39, 0.29) is 27.3 Å². The van der Waals surface area contributed by atoms with E-state index < -0.39 is 37.0 Å². The Hall–Kier alpha value is -0.0904. The Balaban J connectivity index is -0.0000000369. The normalized spacial score (nSPS) is 5.88. The molecule has 0 spiro atoms. The molecule has 0 N–H and O–H groups in total. The van der Waals surface area contributed by atoms with Crippen molar-refractivity contribution in [3.05, 3.63) is 0 Å². The van der Waals surface area contributed by atoms with Crippen LogP contribution in [0.5, 0.6) is 0 Å². The zero-order chi connectivity index (χ0) is 14.3. The van der Waals surface area contributed by atoms with Gasteiger partial charge in [0.25, 0.3) is 0 Å². The van der Waals surface area contributed by atoms with Crippen LogP contribution in [0.1, 0.15) is 0 Å². The topological polar surface area (TPSA) is 161 Å². The van der Waals surface area contributed by atoms with Gasteiger partial charge in [-0.05, 0) is 0 Å². The molecule has 0 bridgehead atoms. The quantitative estimate of drug-likeness (QED) is 0.173. The van der Waals surface area contributed by atoms with Crippen LogP contribution in [0.25, 0.3) is 0 Å². The van der Waals surface area contributed by atoms with Gasteiger partial charge >= 0.3 is 64.3 Å². The number of hydrogen-bond acceptors (Lipinski definition) is 8. The first-order chi connectivity index (χ1) is 6.93. The smallest absolute Gasteiger partial charge is 0.560 e. The molecule has 0 saturated heterocycles. The first kappa shape index (κ1) is 30.2. The molecule has 17 heteroatoms. The van der Waals surface area contributed by atoms with Gasteiger partial charge in [0, 0.05) is 0 Å². The molecule has 0 aromatic rings. The molecule has 8 nitrogen and oxygen atoms in total. The van der Waals surface area contributed by atoms with Crippen LogP contribution in [0, 0.1) is 0 Å². The van der Waals surface area contributed by atoms with Crippen LogP contribution in [0.4, 0.5) is 16.4 Å². The van der Waals surface area contributed by atoms with Crippen LogP contribution < -0.4 is 19.2 Å². The second-order valence-electron chi connectivity index (χ2n) is 0.951. The minimum atomic E-state index is -3.88. The monoisotopic (exact) mass is 524 g/mol. The molecule has 0 aliphatic heterocycles. The Morgan fingerprint density at radius 2 is 0.529 bits per heavy atom. The number of halogens is 4. The Bertz CT molecular complexity index is 170. The molecule has 0 fully saturated rings. The van der Waals surface area contributed by atoms with E-state index in [0.29, 0.717) is 0 Å². The van der Waals surface area contributed by atoms with Gasteiger partial charge in [0.15, 0.2) is 0 Å². The molecule has 0 saturated carbocycles. The van der Waals surface area contributed by atoms with Gasteiger partial charge in [-0.15, -0.1) is 0 Å². The van der Waals surface area contributed by atoms with Crippen molar-refractivity contribution < 1.29 is 53.5 Å². The van der Waals surface area contributed by atoms with Crippen molar-refractivity contribution in [2.45, 2.75) is 0 Å². The second-order valence-corrected chi connectivity index (χ2v) is 2.85. The molecule has 0 heterocycles. The van der Waals surface area contributed by atoms with E-state index in [1.54, 1.807) is 0 Å². The van der Waals surface area contributed by atoms with E-state index in [2.05, 4.69) is 0 Å². The molecule has 0 aromatic carbocycles. The maximum absolute atomic E-state index is 9.99. The van der Waals surface area contributed by atoms with Crippen LogP contribution >= 0.6 is 0 Å². The van der Waals surface area contributed by atoms with E-state index in [1.807, 2.05) is 0 Å². The largest absolute Gasteiger partial charge is 4.00 e. The molecule has 0 aliphatic rings. The summed E-state index contributed by atoms with van der Waals surface area (Å²) >= 11 is 0. The first-order valence-corrected chi connectivity index (χ1v) is 7.17. The number of rotatable bonds is 0. The Morgan fingerprint density at radius 1 is 0.529 bits per heavy atom. The molecular weight excluding hydrogens is 524 g/mol. The Kier molecular flexibility index (Phi) is 44.3. The fourth-order valence-corrected chi connectivity index (χ4v) is 0. The van der Waals surface area contributed by atoms with Gasteiger partial charge in [0.2, 0.25) is 0 Å². The summed E-state index contributed by atoms with van der Waals surface area (Å²) in [5.41, 5.74) is 0. The Labute approximate surface area is 118 Å². The predicted molar refractivity (Wildman–Crippen MR) is 35.9 cm³/mol. The van der Waals surface area contributed by atoms with Crippen LogP contribution in [-0.4, -0.2) is 64.3 Å². The molecule has 0 aromatic heterocycles. The van der Waals surface area contributed by atoms with Crippen molar-refractivity contribution in [1.82, 2.24) is 0 Å². The zero-order valence-electron chi connectivity index (χ0n) is 7.28. The van der Waals surface area contributed by atoms with E-state index in [1.165, 1.54) is 0 Å². The van der Waals surface area contributed by atoms with E-state index in [9.17, 15) is 16.4 Å². The van der Waals surface area contributed by atoms with Crippen molar-refractivity contribution >= 4 is 64.3 Å². The predicted octanol–water partition coefficient (Wildman–Crippen LogP) is -5.45. The summed E-state index contributed by atoms with van der Waals surface area (Å²) in [5.74, 6) is 0. The maximum atomic E-state index is 9.99. The fourth-order valence-electron chi connectivity index (χ4n) is 0. The maximum Gasteiger partial charge on any atom is 4.00 e. The summed E-state index contributed by atoms with van der Waals surface area (Å²) < 4.78 is 73.6. The summed E-state index contributed by atoms with van der Waals surface area (Å²) in [5, 5.41) is 0. The Morgan fingerprint density at radius 3 is 0.529 bits per heavy atom. The van der Waals surface area contributed by atoms with E-state index >= 15 is 0 Å². The molecule has 17 heavy (non-hydrogen) atoms. The minimum absolute atomic E-state index is 0. The standard InChI is InChI=1S/4FO2Si.Pb/c4*1-4(2)3;/q4*-1;+4. The van der Waals surface area contributed by atoms with Crippen LogP contribution in [0.3, 0.4) is 0 Å². The molecular formula is F4O8PbSi4. The van der Waals surface area contributed by atoms with Crippen LogP contribution in [0.2, 0.25) is 0 Å². The molecule has 0 radical (unpaired) electrons.